The molecule has 0 radical (unpaired) electrons. The van der Waals surface area contributed by atoms with E-state index in [1.165, 1.54) is 4.90 Å². The number of ether oxygens (including phenoxy) is 1. The van der Waals surface area contributed by atoms with Crippen LogP contribution in [0.3, 0.4) is 0 Å². The van der Waals surface area contributed by atoms with Crippen molar-refractivity contribution in [3.8, 4) is 5.75 Å². The third-order valence-electron chi connectivity index (χ3n) is 5.81. The maximum atomic E-state index is 13.3. The van der Waals surface area contributed by atoms with Crippen LogP contribution >= 0.6 is 0 Å². The second-order valence-electron chi connectivity index (χ2n) is 8.07. The fraction of sp³-hybridized carbons (Fsp3) is 0.185. The molecule has 5 nitrogen and oxygen atoms in total. The third kappa shape index (κ3) is 3.56. The number of carbonyl (C=O) groups excluding carboxylic acids is 2. The van der Waals surface area contributed by atoms with E-state index in [0.29, 0.717) is 22.6 Å². The number of anilines is 1. The van der Waals surface area contributed by atoms with Gasteiger partial charge in [-0.2, -0.15) is 0 Å². The maximum Gasteiger partial charge on any atom is 0.300 e. The molecule has 0 saturated carbocycles. The van der Waals surface area contributed by atoms with E-state index in [1.807, 2.05) is 75.4 Å². The molecule has 1 amide bonds. The summed E-state index contributed by atoms with van der Waals surface area (Å²) in [5, 5.41) is 11.4. The number of rotatable bonds is 4. The highest BCUT2D eigenvalue weighted by molar-refractivity contribution is 6.51. The van der Waals surface area contributed by atoms with E-state index in [2.05, 4.69) is 0 Å². The Balaban J connectivity index is 2.03. The normalized spacial score (nSPS) is 17.6. The predicted octanol–water partition coefficient (Wildman–Crippen LogP) is 5.25. The lowest BCUT2D eigenvalue weighted by Crippen LogP contribution is -2.29. The molecule has 1 aliphatic heterocycles. The second kappa shape index (κ2) is 8.35. The molecular weight excluding hydrogens is 402 g/mol. The molecule has 1 unspecified atom stereocenters. The summed E-state index contributed by atoms with van der Waals surface area (Å²) in [6, 6.07) is 19.5. The van der Waals surface area contributed by atoms with E-state index in [4.69, 9.17) is 4.74 Å². The van der Waals surface area contributed by atoms with Crippen LogP contribution in [-0.4, -0.2) is 23.9 Å². The van der Waals surface area contributed by atoms with Crippen LogP contribution in [0.2, 0.25) is 0 Å². The first-order chi connectivity index (χ1) is 15.3. The molecule has 1 aliphatic rings. The molecule has 0 aliphatic carbocycles. The molecule has 3 aromatic rings. The zero-order valence-corrected chi connectivity index (χ0v) is 18.5. The molecule has 1 saturated heterocycles. The first kappa shape index (κ1) is 21.4. The Morgan fingerprint density at radius 1 is 0.906 bits per heavy atom. The van der Waals surface area contributed by atoms with Gasteiger partial charge in [0.2, 0.25) is 0 Å². The summed E-state index contributed by atoms with van der Waals surface area (Å²) in [7, 11) is 1.54. The number of aliphatic hydroxyl groups excluding tert-OH is 1. The van der Waals surface area contributed by atoms with Crippen molar-refractivity contribution in [3.63, 3.8) is 0 Å². The largest absolute Gasteiger partial charge is 0.507 e. The summed E-state index contributed by atoms with van der Waals surface area (Å²) in [5.41, 5.74) is 4.51. The molecule has 0 spiro atoms. The summed E-state index contributed by atoms with van der Waals surface area (Å²) >= 11 is 0. The average molecular weight is 428 g/mol. The highest BCUT2D eigenvalue weighted by Gasteiger charge is 2.48. The van der Waals surface area contributed by atoms with Gasteiger partial charge in [-0.25, -0.2) is 0 Å². The van der Waals surface area contributed by atoms with Crippen LogP contribution in [0.25, 0.3) is 5.76 Å². The number of aryl methyl sites for hydroxylation is 3. The standard InChI is InChI=1S/C27H25NO4/c1-16-8-7-9-19(14-16)28-24(20-10-5-6-11-22(20)32-4)23(26(30)27(28)31)25(29)21-15-17(2)12-13-18(21)3/h5-15,24,29H,1-4H3/b25-23+. The fourth-order valence-electron chi connectivity index (χ4n) is 4.20. The van der Waals surface area contributed by atoms with Gasteiger partial charge in [-0.05, 0) is 56.2 Å². The molecule has 0 bridgehead atoms. The highest BCUT2D eigenvalue weighted by Crippen LogP contribution is 2.45. The zero-order valence-electron chi connectivity index (χ0n) is 18.5. The van der Waals surface area contributed by atoms with E-state index < -0.39 is 17.7 Å². The van der Waals surface area contributed by atoms with Crippen LogP contribution < -0.4 is 9.64 Å². The van der Waals surface area contributed by atoms with Gasteiger partial charge in [-0.1, -0.05) is 48.0 Å². The minimum atomic E-state index is -0.826. The van der Waals surface area contributed by atoms with Gasteiger partial charge >= 0.3 is 0 Å². The van der Waals surface area contributed by atoms with Gasteiger partial charge in [0.1, 0.15) is 11.5 Å². The lowest BCUT2D eigenvalue weighted by atomic mass is 9.92. The summed E-state index contributed by atoms with van der Waals surface area (Å²) in [6.45, 7) is 5.71. The number of methoxy groups -OCH3 is 1. The Kier molecular flexibility index (Phi) is 5.57. The van der Waals surface area contributed by atoms with Crippen LogP contribution in [0, 0.1) is 20.8 Å². The molecule has 1 atom stereocenters. The Bertz CT molecular complexity index is 1260. The minimum Gasteiger partial charge on any atom is -0.507 e. The number of carbonyl (C=O) groups is 2. The van der Waals surface area contributed by atoms with Gasteiger partial charge < -0.3 is 9.84 Å². The van der Waals surface area contributed by atoms with Gasteiger partial charge in [0.25, 0.3) is 11.7 Å². The molecule has 5 heteroatoms. The second-order valence-corrected chi connectivity index (χ2v) is 8.07. The molecule has 0 aromatic heterocycles. The number of Topliss-reactive ketones (excluding diaryl/α,β-unsaturated/α-hetero) is 1. The summed E-state index contributed by atoms with van der Waals surface area (Å²) in [4.78, 5) is 28.1. The van der Waals surface area contributed by atoms with Crippen LogP contribution in [0.15, 0.2) is 72.3 Å². The number of amides is 1. The van der Waals surface area contributed by atoms with Crippen LogP contribution in [0.5, 0.6) is 5.75 Å². The minimum absolute atomic E-state index is 0.0507. The Labute approximate surface area is 187 Å². The number of hydrogen-bond donors (Lipinski definition) is 1. The first-order valence-corrected chi connectivity index (χ1v) is 10.4. The Hall–Kier alpha value is -3.86. The average Bonchev–Trinajstić information content (AvgIpc) is 3.05. The van der Waals surface area contributed by atoms with E-state index in [9.17, 15) is 14.7 Å². The lowest BCUT2D eigenvalue weighted by molar-refractivity contribution is -0.132. The number of nitrogens with zero attached hydrogens (tertiary/aromatic N) is 1. The van der Waals surface area contributed by atoms with Gasteiger partial charge in [0.05, 0.1) is 18.7 Å². The summed E-state index contributed by atoms with van der Waals surface area (Å²) in [6.07, 6.45) is 0. The molecule has 32 heavy (non-hydrogen) atoms. The predicted molar refractivity (Wildman–Crippen MR) is 125 cm³/mol. The number of hydrogen-bond acceptors (Lipinski definition) is 4. The molecule has 162 valence electrons. The van der Waals surface area contributed by atoms with Crippen molar-refractivity contribution >= 4 is 23.1 Å². The number of aliphatic hydroxyl groups is 1. The SMILES string of the molecule is COc1ccccc1C1/C(=C(\O)c2cc(C)ccc2C)C(=O)C(=O)N1c1cccc(C)c1. The fourth-order valence-corrected chi connectivity index (χ4v) is 4.20. The van der Waals surface area contributed by atoms with Crippen LogP contribution in [-0.2, 0) is 9.59 Å². The zero-order chi connectivity index (χ0) is 23.0. The first-order valence-electron chi connectivity index (χ1n) is 10.4. The van der Waals surface area contributed by atoms with Gasteiger partial charge in [0.15, 0.2) is 0 Å². The Morgan fingerprint density at radius 3 is 2.34 bits per heavy atom. The molecule has 3 aromatic carbocycles. The van der Waals surface area contributed by atoms with Crippen molar-refractivity contribution in [2.75, 3.05) is 12.0 Å². The van der Waals surface area contributed by atoms with Gasteiger partial charge in [-0.3, -0.25) is 14.5 Å². The molecule has 1 N–H and O–H groups in total. The van der Waals surface area contributed by atoms with E-state index in [0.717, 1.165) is 16.7 Å². The van der Waals surface area contributed by atoms with Crippen LogP contribution in [0.4, 0.5) is 5.69 Å². The number of ketones is 1. The molecular formula is C27H25NO4. The van der Waals surface area contributed by atoms with Crippen molar-refractivity contribution in [3.05, 3.63) is 100 Å². The monoisotopic (exact) mass is 427 g/mol. The van der Waals surface area contributed by atoms with Gasteiger partial charge in [-0.15, -0.1) is 0 Å². The van der Waals surface area contributed by atoms with Gasteiger partial charge in [0, 0.05) is 16.8 Å². The maximum absolute atomic E-state index is 13.3. The Morgan fingerprint density at radius 2 is 1.62 bits per heavy atom. The van der Waals surface area contributed by atoms with Crippen molar-refractivity contribution in [2.24, 2.45) is 0 Å². The lowest BCUT2D eigenvalue weighted by Gasteiger charge is -2.27. The van der Waals surface area contributed by atoms with Crippen molar-refractivity contribution in [1.82, 2.24) is 0 Å². The molecule has 1 fully saturated rings. The molecule has 4 rings (SSSR count). The highest BCUT2D eigenvalue weighted by atomic mass is 16.5. The number of para-hydroxylation sites is 1. The van der Waals surface area contributed by atoms with Crippen molar-refractivity contribution in [1.29, 1.82) is 0 Å². The quantitative estimate of drug-likeness (QED) is 0.351. The summed E-state index contributed by atoms with van der Waals surface area (Å²) in [5.74, 6) is -1.06. The van der Waals surface area contributed by atoms with E-state index in [1.54, 1.807) is 19.2 Å². The van der Waals surface area contributed by atoms with Crippen molar-refractivity contribution < 1.29 is 19.4 Å². The van der Waals surface area contributed by atoms with Crippen LogP contribution in [0.1, 0.15) is 33.9 Å². The summed E-state index contributed by atoms with van der Waals surface area (Å²) < 4.78 is 5.56. The topological polar surface area (TPSA) is 66.8 Å². The third-order valence-corrected chi connectivity index (χ3v) is 5.81. The van der Waals surface area contributed by atoms with Crippen molar-refractivity contribution in [2.45, 2.75) is 26.8 Å². The smallest absolute Gasteiger partial charge is 0.300 e. The van der Waals surface area contributed by atoms with E-state index >= 15 is 0 Å². The van der Waals surface area contributed by atoms with E-state index in [-0.39, 0.29) is 11.3 Å². The number of benzene rings is 3. The molecule has 1 heterocycles.